The van der Waals surface area contributed by atoms with Gasteiger partial charge >= 0.3 is 0 Å². The van der Waals surface area contributed by atoms with Crippen LogP contribution in [0.4, 0.5) is 0 Å². The summed E-state index contributed by atoms with van der Waals surface area (Å²) >= 11 is 0. The van der Waals surface area contributed by atoms with Crippen molar-refractivity contribution in [2.75, 3.05) is 0 Å². The maximum Gasteiger partial charge on any atom is 0.0980 e. The lowest BCUT2D eigenvalue weighted by Gasteiger charge is -2.07. The molecule has 6 aromatic heterocycles. The summed E-state index contributed by atoms with van der Waals surface area (Å²) in [6, 6.07) is 27.4. The first-order chi connectivity index (χ1) is 17.9. The van der Waals surface area contributed by atoms with Crippen LogP contribution in [0.15, 0.2) is 135 Å². The van der Waals surface area contributed by atoms with E-state index in [0.29, 0.717) is 0 Å². The lowest BCUT2D eigenvalue weighted by Crippen LogP contribution is -1.92. The third-order valence-corrected chi connectivity index (χ3v) is 5.37. The van der Waals surface area contributed by atoms with Crippen molar-refractivity contribution in [1.29, 1.82) is 0 Å². The lowest BCUT2D eigenvalue weighted by atomic mass is 10.0. The Balaban J connectivity index is 0.000000148. The topological polar surface area (TPSA) is 77.3 Å². The Morgan fingerprint density at radius 1 is 0.361 bits per heavy atom. The predicted octanol–water partition coefficient (Wildman–Crippen LogP) is 6.41. The van der Waals surface area contributed by atoms with Gasteiger partial charge in [-0.25, -0.2) is 0 Å². The van der Waals surface area contributed by atoms with Crippen LogP contribution in [0.2, 0.25) is 0 Å². The van der Waals surface area contributed by atoms with Crippen molar-refractivity contribution in [2.45, 2.75) is 0 Å². The number of hydrogen-bond donors (Lipinski definition) is 0. The van der Waals surface area contributed by atoms with Crippen molar-refractivity contribution in [1.82, 2.24) is 29.9 Å². The Morgan fingerprint density at radius 2 is 0.917 bits per heavy atom. The Hall–Kier alpha value is -5.10. The first-order valence-corrected chi connectivity index (χ1v) is 11.4. The highest BCUT2D eigenvalue weighted by molar-refractivity contribution is 5.79. The fraction of sp³-hybridized carbons (Fsp3) is 0. The summed E-state index contributed by atoms with van der Waals surface area (Å²) in [4.78, 5) is 25.9. The third-order valence-electron chi connectivity index (χ3n) is 5.37. The molecule has 0 unspecified atom stereocenters. The van der Waals surface area contributed by atoms with E-state index < -0.39 is 0 Å². The molecular weight excluding hydrogens is 444 g/mol. The molecule has 0 atom stereocenters. The van der Waals surface area contributed by atoms with Gasteiger partial charge in [-0.2, -0.15) is 0 Å². The van der Waals surface area contributed by atoms with Gasteiger partial charge in [-0.15, -0.1) is 0 Å². The highest BCUT2D eigenvalue weighted by atomic mass is 14.8. The Labute approximate surface area is 209 Å². The first kappa shape index (κ1) is 22.7. The molecule has 0 radical (unpaired) electrons. The minimum atomic E-state index is 0.858. The number of rotatable bonds is 4. The van der Waals surface area contributed by atoms with E-state index in [2.05, 4.69) is 29.9 Å². The normalized spacial score (nSPS) is 10.2. The summed E-state index contributed by atoms with van der Waals surface area (Å²) in [5.74, 6) is 0. The molecule has 36 heavy (non-hydrogen) atoms. The molecule has 0 aromatic carbocycles. The Morgan fingerprint density at radius 3 is 1.53 bits per heavy atom. The summed E-state index contributed by atoms with van der Waals surface area (Å²) < 4.78 is 0. The van der Waals surface area contributed by atoms with Crippen molar-refractivity contribution >= 4 is 0 Å². The standard InChI is InChI=1S/2C15H11N3/c1-4-12(10-16-7-1)14-6-3-9-18-15(14)13-5-2-8-17-11-13;1-3-9-16-13(7-1)12-6-5-11-18-15(12)14-8-2-4-10-17-14/h2*1-11H. The molecule has 0 spiro atoms. The summed E-state index contributed by atoms with van der Waals surface area (Å²) in [5, 5.41) is 0. The van der Waals surface area contributed by atoms with Crippen LogP contribution in [0, 0.1) is 0 Å². The second-order valence-corrected chi connectivity index (χ2v) is 7.71. The number of aromatic nitrogens is 6. The molecule has 0 amide bonds. The molecule has 6 heteroatoms. The number of nitrogens with zero attached hydrogens (tertiary/aromatic N) is 6. The van der Waals surface area contributed by atoms with Crippen molar-refractivity contribution in [2.24, 2.45) is 0 Å². The first-order valence-electron chi connectivity index (χ1n) is 11.4. The molecule has 0 bridgehead atoms. The van der Waals surface area contributed by atoms with Crippen LogP contribution in [0.5, 0.6) is 0 Å². The van der Waals surface area contributed by atoms with E-state index in [1.807, 2.05) is 97.3 Å². The van der Waals surface area contributed by atoms with Crippen LogP contribution in [-0.2, 0) is 0 Å². The van der Waals surface area contributed by atoms with E-state index >= 15 is 0 Å². The van der Waals surface area contributed by atoms with E-state index in [1.54, 1.807) is 37.2 Å². The average Bonchev–Trinajstić information content (AvgIpc) is 2.99. The fourth-order valence-electron chi connectivity index (χ4n) is 3.73. The van der Waals surface area contributed by atoms with E-state index in [-0.39, 0.29) is 0 Å². The number of hydrogen-bond acceptors (Lipinski definition) is 6. The molecule has 172 valence electrons. The van der Waals surface area contributed by atoms with E-state index in [1.165, 1.54) is 0 Å². The Bertz CT molecular complexity index is 1270. The van der Waals surface area contributed by atoms with Gasteiger partial charge in [0.2, 0.25) is 0 Å². The van der Waals surface area contributed by atoms with Gasteiger partial charge in [-0.1, -0.05) is 24.3 Å². The maximum atomic E-state index is 4.46. The molecule has 6 nitrogen and oxygen atoms in total. The van der Waals surface area contributed by atoms with Gasteiger partial charge in [-0.3, -0.25) is 29.9 Å². The van der Waals surface area contributed by atoms with Gasteiger partial charge < -0.3 is 0 Å². The van der Waals surface area contributed by atoms with Crippen LogP contribution < -0.4 is 0 Å². The third kappa shape index (κ3) is 5.34. The molecule has 0 N–H and O–H groups in total. The predicted molar refractivity (Wildman–Crippen MR) is 141 cm³/mol. The van der Waals surface area contributed by atoms with Gasteiger partial charge in [0.25, 0.3) is 0 Å². The average molecular weight is 467 g/mol. The summed E-state index contributed by atoms with van der Waals surface area (Å²) in [6.45, 7) is 0. The SMILES string of the molecule is c1ccc(-c2cccnc2-c2ccccn2)nc1.c1cncc(-c2cccnc2-c2cccnc2)c1. The molecular formula is C30H22N6. The van der Waals surface area contributed by atoms with Crippen molar-refractivity contribution in [3.63, 3.8) is 0 Å². The van der Waals surface area contributed by atoms with Crippen LogP contribution in [0.25, 0.3) is 45.0 Å². The zero-order valence-corrected chi connectivity index (χ0v) is 19.4. The highest BCUT2D eigenvalue weighted by Crippen LogP contribution is 2.29. The molecule has 0 aliphatic heterocycles. The Kier molecular flexibility index (Phi) is 7.15. The van der Waals surface area contributed by atoms with Gasteiger partial charge in [0.05, 0.1) is 22.8 Å². The lowest BCUT2D eigenvalue weighted by molar-refractivity contribution is 1.23. The van der Waals surface area contributed by atoms with Crippen LogP contribution >= 0.6 is 0 Å². The zero-order valence-electron chi connectivity index (χ0n) is 19.4. The summed E-state index contributed by atoms with van der Waals surface area (Å²) in [6.07, 6.45) is 14.3. The van der Waals surface area contributed by atoms with Crippen LogP contribution in [-0.4, -0.2) is 29.9 Å². The minimum Gasteiger partial charge on any atom is -0.264 e. The molecule has 0 aliphatic rings. The van der Waals surface area contributed by atoms with Crippen molar-refractivity contribution in [3.8, 4) is 45.0 Å². The molecule has 0 saturated heterocycles. The molecule has 6 aromatic rings. The van der Waals surface area contributed by atoms with Crippen molar-refractivity contribution in [3.05, 3.63) is 135 Å². The van der Waals surface area contributed by atoms with Crippen molar-refractivity contribution < 1.29 is 0 Å². The van der Waals surface area contributed by atoms with E-state index in [4.69, 9.17) is 0 Å². The largest absolute Gasteiger partial charge is 0.264 e. The number of pyridine rings is 6. The van der Waals surface area contributed by atoms with Crippen LogP contribution in [0.3, 0.4) is 0 Å². The molecule has 6 heterocycles. The van der Waals surface area contributed by atoms with Crippen LogP contribution in [0.1, 0.15) is 0 Å². The fourth-order valence-corrected chi connectivity index (χ4v) is 3.73. The summed E-state index contributed by atoms with van der Waals surface area (Å²) in [7, 11) is 0. The monoisotopic (exact) mass is 466 g/mol. The van der Waals surface area contributed by atoms with Gasteiger partial charge in [-0.05, 0) is 60.7 Å². The molecule has 0 aliphatic carbocycles. The molecule has 6 rings (SSSR count). The highest BCUT2D eigenvalue weighted by Gasteiger charge is 2.10. The summed E-state index contributed by atoms with van der Waals surface area (Å²) in [5.41, 5.74) is 7.69. The van der Waals surface area contributed by atoms with Gasteiger partial charge in [0.15, 0.2) is 0 Å². The maximum absolute atomic E-state index is 4.46. The van der Waals surface area contributed by atoms with Gasteiger partial charge in [0.1, 0.15) is 0 Å². The smallest absolute Gasteiger partial charge is 0.0980 e. The van der Waals surface area contributed by atoms with E-state index in [9.17, 15) is 0 Å². The molecule has 0 fully saturated rings. The minimum absolute atomic E-state index is 0.858. The molecule has 0 saturated carbocycles. The quantitative estimate of drug-likeness (QED) is 0.299. The second kappa shape index (κ2) is 11.4. The second-order valence-electron chi connectivity index (χ2n) is 7.71. The van der Waals surface area contributed by atoms with E-state index in [0.717, 1.165) is 45.0 Å². The van der Waals surface area contributed by atoms with Gasteiger partial charge in [0, 0.05) is 71.8 Å². The zero-order chi connectivity index (χ0) is 24.4.